The summed E-state index contributed by atoms with van der Waals surface area (Å²) in [6.07, 6.45) is 4.19. The van der Waals surface area contributed by atoms with Crippen LogP contribution in [0, 0.1) is 0 Å². The Balaban J connectivity index is 2.58. The number of carboxylic acids is 1. The lowest BCUT2D eigenvalue weighted by molar-refractivity contribution is -0.131. The van der Waals surface area contributed by atoms with Crippen LogP contribution in [0.1, 0.15) is 5.69 Å². The first-order valence-electron chi connectivity index (χ1n) is 5.13. The van der Waals surface area contributed by atoms with Crippen LogP contribution in [0.3, 0.4) is 0 Å². The van der Waals surface area contributed by atoms with E-state index in [1.807, 2.05) is 0 Å². The fraction of sp³-hybridized carbons (Fsp3) is 0.167. The van der Waals surface area contributed by atoms with Crippen LogP contribution >= 0.6 is 0 Å². The number of aromatic nitrogens is 1. The molecule has 3 N–H and O–H groups in total. The normalized spacial score (nSPS) is 11.8. The lowest BCUT2D eigenvalue weighted by Crippen LogP contribution is -2.10. The first-order chi connectivity index (χ1) is 8.65. The number of hydrogen-bond acceptors (Lipinski definition) is 4. The van der Waals surface area contributed by atoms with E-state index >= 15 is 0 Å². The molecule has 0 saturated heterocycles. The van der Waals surface area contributed by atoms with Crippen LogP contribution in [0.5, 0.6) is 5.75 Å². The summed E-state index contributed by atoms with van der Waals surface area (Å²) in [6.45, 7) is 0.141. The van der Waals surface area contributed by atoms with Gasteiger partial charge in [0.1, 0.15) is 12.4 Å². The smallest absolute Gasteiger partial charge is 0.328 e. The zero-order valence-corrected chi connectivity index (χ0v) is 9.54. The zero-order valence-electron chi connectivity index (χ0n) is 9.54. The number of aliphatic carboxylic acids is 1. The molecule has 1 aromatic heterocycles. The van der Waals surface area contributed by atoms with Gasteiger partial charge in [0.15, 0.2) is 0 Å². The van der Waals surface area contributed by atoms with Gasteiger partial charge in [-0.3, -0.25) is 4.98 Å². The second kappa shape index (κ2) is 7.18. The molecule has 0 spiro atoms. The molecule has 0 atom stereocenters. The highest BCUT2D eigenvalue weighted by Crippen LogP contribution is 2.11. The van der Waals surface area contributed by atoms with Crippen molar-refractivity contribution in [2.75, 3.05) is 13.2 Å². The molecule has 0 aliphatic heterocycles. The highest BCUT2D eigenvalue weighted by atomic mass is 19.1. The molecule has 96 valence electrons. The summed E-state index contributed by atoms with van der Waals surface area (Å²) in [5.74, 6) is -0.590. The van der Waals surface area contributed by atoms with Crippen molar-refractivity contribution < 1.29 is 19.0 Å². The molecule has 0 aliphatic carbocycles. The molecule has 0 aromatic carbocycles. The molecular formula is C12H13FN2O3. The van der Waals surface area contributed by atoms with Crippen LogP contribution in [0.15, 0.2) is 36.3 Å². The Labute approximate surface area is 103 Å². The third kappa shape index (κ3) is 4.75. The van der Waals surface area contributed by atoms with Crippen molar-refractivity contribution in [3.8, 4) is 5.75 Å². The molecule has 6 heteroatoms. The van der Waals surface area contributed by atoms with Crippen molar-refractivity contribution in [2.45, 2.75) is 0 Å². The van der Waals surface area contributed by atoms with Crippen molar-refractivity contribution in [1.82, 2.24) is 4.98 Å². The standard InChI is InChI=1S/C12H13FN2O3/c13-5-9(6-14)8-18-11-3-1-10(15-7-11)2-4-12(16)17/h1-5,7H,6,8,14H2,(H,16,17)/b4-2-,9-5?. The number of pyridine rings is 1. The van der Waals surface area contributed by atoms with E-state index in [9.17, 15) is 9.18 Å². The summed E-state index contributed by atoms with van der Waals surface area (Å²) < 4.78 is 17.4. The van der Waals surface area contributed by atoms with Crippen LogP contribution in [0.4, 0.5) is 4.39 Å². The minimum absolute atomic E-state index is 0.0546. The first-order valence-corrected chi connectivity index (χ1v) is 5.13. The first kappa shape index (κ1) is 13.9. The number of nitrogens with two attached hydrogens (primary N) is 1. The van der Waals surface area contributed by atoms with E-state index in [2.05, 4.69) is 4.98 Å². The van der Waals surface area contributed by atoms with E-state index in [0.29, 0.717) is 23.3 Å². The second-order valence-electron chi connectivity index (χ2n) is 3.35. The lowest BCUT2D eigenvalue weighted by atomic mass is 10.3. The van der Waals surface area contributed by atoms with Crippen molar-refractivity contribution in [3.05, 3.63) is 42.0 Å². The van der Waals surface area contributed by atoms with E-state index in [-0.39, 0.29) is 13.2 Å². The molecule has 0 unspecified atom stereocenters. The summed E-state index contributed by atoms with van der Waals surface area (Å²) in [5.41, 5.74) is 6.10. The van der Waals surface area contributed by atoms with E-state index in [0.717, 1.165) is 6.08 Å². The summed E-state index contributed by atoms with van der Waals surface area (Å²) in [6, 6.07) is 3.21. The highest BCUT2D eigenvalue weighted by molar-refractivity contribution is 5.84. The molecule has 5 nitrogen and oxygen atoms in total. The minimum Gasteiger partial charge on any atom is -0.487 e. The Morgan fingerprint density at radius 1 is 1.56 bits per heavy atom. The Morgan fingerprint density at radius 3 is 2.83 bits per heavy atom. The topological polar surface area (TPSA) is 85.4 Å². The number of nitrogens with zero attached hydrogens (tertiary/aromatic N) is 1. The number of rotatable bonds is 6. The molecule has 1 rings (SSSR count). The molecule has 18 heavy (non-hydrogen) atoms. The van der Waals surface area contributed by atoms with Crippen LogP contribution in [-0.4, -0.2) is 29.2 Å². The number of carbonyl (C=O) groups is 1. The minimum atomic E-state index is -1.04. The summed E-state index contributed by atoms with van der Waals surface area (Å²) in [4.78, 5) is 14.3. The van der Waals surface area contributed by atoms with Crippen LogP contribution in [0.25, 0.3) is 6.08 Å². The Hall–Kier alpha value is -2.21. The molecule has 0 amide bonds. The number of halogens is 1. The molecular weight excluding hydrogens is 239 g/mol. The highest BCUT2D eigenvalue weighted by Gasteiger charge is 1.98. The SMILES string of the molecule is NCC(=CF)COc1ccc(/C=C\C(=O)O)nc1. The quantitative estimate of drug-likeness (QED) is 0.747. The Morgan fingerprint density at radius 2 is 2.33 bits per heavy atom. The largest absolute Gasteiger partial charge is 0.487 e. The Kier molecular flexibility index (Phi) is 5.53. The maximum atomic E-state index is 12.2. The van der Waals surface area contributed by atoms with Gasteiger partial charge in [0, 0.05) is 18.2 Å². The van der Waals surface area contributed by atoms with Crippen LogP contribution in [0.2, 0.25) is 0 Å². The molecule has 1 heterocycles. The monoisotopic (exact) mass is 252 g/mol. The van der Waals surface area contributed by atoms with Crippen molar-refractivity contribution in [1.29, 1.82) is 0 Å². The lowest BCUT2D eigenvalue weighted by Gasteiger charge is -2.06. The van der Waals surface area contributed by atoms with Gasteiger partial charge in [-0.05, 0) is 18.2 Å². The van der Waals surface area contributed by atoms with Crippen molar-refractivity contribution >= 4 is 12.0 Å². The second-order valence-corrected chi connectivity index (χ2v) is 3.35. The van der Waals surface area contributed by atoms with Crippen molar-refractivity contribution in [2.24, 2.45) is 5.73 Å². The van der Waals surface area contributed by atoms with Gasteiger partial charge in [-0.25, -0.2) is 9.18 Å². The maximum Gasteiger partial charge on any atom is 0.328 e. The molecule has 0 bridgehead atoms. The van der Waals surface area contributed by atoms with Gasteiger partial charge in [0.25, 0.3) is 0 Å². The molecule has 0 saturated carbocycles. The van der Waals surface area contributed by atoms with Gasteiger partial charge >= 0.3 is 5.97 Å². The van der Waals surface area contributed by atoms with Gasteiger partial charge in [-0.2, -0.15) is 0 Å². The fourth-order valence-corrected chi connectivity index (χ4v) is 1.04. The molecule has 1 aromatic rings. The van der Waals surface area contributed by atoms with E-state index in [1.54, 1.807) is 12.1 Å². The predicted octanol–water partition coefficient (Wildman–Crippen LogP) is 1.37. The third-order valence-electron chi connectivity index (χ3n) is 2.00. The van der Waals surface area contributed by atoms with E-state index < -0.39 is 5.97 Å². The third-order valence-corrected chi connectivity index (χ3v) is 2.00. The number of hydrogen-bond donors (Lipinski definition) is 2. The molecule has 0 fully saturated rings. The van der Waals surface area contributed by atoms with Crippen molar-refractivity contribution in [3.63, 3.8) is 0 Å². The van der Waals surface area contributed by atoms with Gasteiger partial charge in [0.05, 0.1) is 18.2 Å². The average molecular weight is 252 g/mol. The van der Waals surface area contributed by atoms with Gasteiger partial charge in [-0.15, -0.1) is 0 Å². The zero-order chi connectivity index (χ0) is 13.4. The Bertz CT molecular complexity index is 455. The number of ether oxygens (including phenoxy) is 1. The molecule has 0 radical (unpaired) electrons. The molecule has 0 aliphatic rings. The van der Waals surface area contributed by atoms with E-state index in [4.69, 9.17) is 15.6 Å². The number of carboxylic acid groups (broad SMARTS) is 1. The van der Waals surface area contributed by atoms with Gasteiger partial charge in [0.2, 0.25) is 0 Å². The fourth-order valence-electron chi connectivity index (χ4n) is 1.04. The summed E-state index contributed by atoms with van der Waals surface area (Å²) >= 11 is 0. The average Bonchev–Trinajstić information content (AvgIpc) is 2.39. The summed E-state index contributed by atoms with van der Waals surface area (Å²) in [5, 5.41) is 8.44. The van der Waals surface area contributed by atoms with Crippen LogP contribution < -0.4 is 10.5 Å². The van der Waals surface area contributed by atoms with Gasteiger partial charge < -0.3 is 15.6 Å². The maximum absolute atomic E-state index is 12.2. The van der Waals surface area contributed by atoms with Gasteiger partial charge in [-0.1, -0.05) is 0 Å². The predicted molar refractivity (Wildman–Crippen MR) is 64.6 cm³/mol. The van der Waals surface area contributed by atoms with E-state index in [1.165, 1.54) is 12.3 Å². The summed E-state index contributed by atoms with van der Waals surface area (Å²) in [7, 11) is 0. The van der Waals surface area contributed by atoms with Crippen LogP contribution in [-0.2, 0) is 4.79 Å².